The first-order valence-electron chi connectivity index (χ1n) is 29.4. The molecule has 1 unspecified atom stereocenters. The highest BCUT2D eigenvalue weighted by Crippen LogP contribution is 2.15. The standard InChI is InChI=1S/C65H108O6/c1-4-7-10-13-16-19-22-24-26-28-30-31-32-33-35-36-38-40-43-46-49-52-55-58-64(67)70-61-62(60-69-63(66)57-54-51-48-45-42-21-18-15-12-9-6-3)71-65(68)59-56-53-50-47-44-41-39-37-34-29-27-25-23-20-17-14-11-8-5-2/h8,11,15,17-18,20,22,24-25,27-28,30,34,37,41,44,50,53,62H,4-7,9-10,12-14,16,19,21,23,26,29,31-33,35-36,38-40,42-43,45-49,51-52,54-61H2,1-3H3/b11-8-,18-15-,20-17-,24-22-,27-25-,30-28-,37-34-,44-41-,53-50-. The van der Waals surface area contributed by atoms with E-state index in [4.69, 9.17) is 14.2 Å². The number of esters is 3. The summed E-state index contributed by atoms with van der Waals surface area (Å²) in [6, 6.07) is 0. The lowest BCUT2D eigenvalue weighted by Crippen LogP contribution is -2.30. The molecule has 0 saturated carbocycles. The summed E-state index contributed by atoms with van der Waals surface area (Å²) in [5.41, 5.74) is 0. The minimum absolute atomic E-state index is 0.113. The van der Waals surface area contributed by atoms with Crippen molar-refractivity contribution in [2.24, 2.45) is 0 Å². The van der Waals surface area contributed by atoms with Gasteiger partial charge in [0, 0.05) is 19.3 Å². The molecule has 0 aliphatic heterocycles. The quantitative estimate of drug-likeness (QED) is 0.0261. The molecule has 0 N–H and O–H groups in total. The summed E-state index contributed by atoms with van der Waals surface area (Å²) in [6.45, 7) is 6.41. The van der Waals surface area contributed by atoms with E-state index in [0.717, 1.165) is 96.3 Å². The van der Waals surface area contributed by atoms with Gasteiger partial charge in [0.2, 0.25) is 0 Å². The maximum atomic E-state index is 12.8. The molecule has 0 spiro atoms. The van der Waals surface area contributed by atoms with Crippen LogP contribution in [-0.4, -0.2) is 37.2 Å². The van der Waals surface area contributed by atoms with Gasteiger partial charge in [0.25, 0.3) is 0 Å². The third-order valence-electron chi connectivity index (χ3n) is 12.2. The SMILES string of the molecule is CC/C=C\C/C=C\C/C=C\C/C=C\C/C=C\C/C=C\CCC(=O)OC(COC(=O)CCCCCCC/C=C\CCCC)COC(=O)CCCCCCCCCCCCC/C=C\C/C=C\CCCCCCC. The number of unbranched alkanes of at least 4 members (excludes halogenated alkanes) is 23. The third-order valence-corrected chi connectivity index (χ3v) is 12.2. The highest BCUT2D eigenvalue weighted by molar-refractivity contribution is 5.71. The smallest absolute Gasteiger partial charge is 0.306 e. The molecule has 0 fully saturated rings. The summed E-state index contributed by atoms with van der Waals surface area (Å²) < 4.78 is 16.8. The molecule has 0 aliphatic carbocycles. The first-order valence-corrected chi connectivity index (χ1v) is 29.4. The molecule has 0 amide bonds. The van der Waals surface area contributed by atoms with Crippen LogP contribution in [0.4, 0.5) is 0 Å². The lowest BCUT2D eigenvalue weighted by Gasteiger charge is -2.18. The van der Waals surface area contributed by atoms with E-state index < -0.39 is 12.1 Å². The number of hydrogen-bond donors (Lipinski definition) is 0. The fourth-order valence-corrected chi connectivity index (χ4v) is 7.83. The van der Waals surface area contributed by atoms with Crippen molar-refractivity contribution in [2.75, 3.05) is 13.2 Å². The van der Waals surface area contributed by atoms with Gasteiger partial charge < -0.3 is 14.2 Å². The Morgan fingerprint density at radius 3 is 0.972 bits per heavy atom. The second-order valence-electron chi connectivity index (χ2n) is 19.2. The molecular formula is C65H108O6. The van der Waals surface area contributed by atoms with Crippen LogP contribution in [0.5, 0.6) is 0 Å². The van der Waals surface area contributed by atoms with Crippen molar-refractivity contribution in [1.82, 2.24) is 0 Å². The van der Waals surface area contributed by atoms with Crippen molar-refractivity contribution in [1.29, 1.82) is 0 Å². The van der Waals surface area contributed by atoms with E-state index >= 15 is 0 Å². The van der Waals surface area contributed by atoms with Crippen molar-refractivity contribution in [3.05, 3.63) is 109 Å². The van der Waals surface area contributed by atoms with E-state index in [1.807, 2.05) is 12.2 Å². The molecule has 6 heteroatoms. The zero-order valence-electron chi connectivity index (χ0n) is 46.2. The number of rotatable bonds is 52. The van der Waals surface area contributed by atoms with Crippen molar-refractivity contribution in [3.63, 3.8) is 0 Å². The van der Waals surface area contributed by atoms with Crippen LogP contribution in [0.15, 0.2) is 109 Å². The first kappa shape index (κ1) is 67.1. The molecule has 404 valence electrons. The van der Waals surface area contributed by atoms with Gasteiger partial charge in [0.05, 0.1) is 0 Å². The van der Waals surface area contributed by atoms with Crippen LogP contribution in [0.25, 0.3) is 0 Å². The summed E-state index contributed by atoms with van der Waals surface area (Å²) in [6.07, 6.45) is 79.6. The minimum atomic E-state index is -0.824. The predicted molar refractivity (Wildman–Crippen MR) is 307 cm³/mol. The molecule has 6 nitrogen and oxygen atoms in total. The van der Waals surface area contributed by atoms with Crippen LogP contribution in [0.1, 0.15) is 265 Å². The predicted octanol–water partition coefficient (Wildman–Crippen LogP) is 19.9. The minimum Gasteiger partial charge on any atom is -0.462 e. The van der Waals surface area contributed by atoms with Crippen molar-refractivity contribution >= 4 is 17.9 Å². The van der Waals surface area contributed by atoms with Crippen LogP contribution >= 0.6 is 0 Å². The zero-order chi connectivity index (χ0) is 51.4. The number of hydrogen-bond acceptors (Lipinski definition) is 6. The maximum Gasteiger partial charge on any atom is 0.306 e. The molecule has 0 aromatic carbocycles. The Labute approximate surface area is 438 Å². The summed E-state index contributed by atoms with van der Waals surface area (Å²) in [4.78, 5) is 38.1. The lowest BCUT2D eigenvalue weighted by molar-refractivity contribution is -0.166. The molecule has 71 heavy (non-hydrogen) atoms. The number of carbonyl (C=O) groups is 3. The van der Waals surface area contributed by atoms with Crippen LogP contribution < -0.4 is 0 Å². The van der Waals surface area contributed by atoms with Gasteiger partial charge in [-0.1, -0.05) is 246 Å². The summed E-state index contributed by atoms with van der Waals surface area (Å²) in [5, 5.41) is 0. The van der Waals surface area contributed by atoms with E-state index in [2.05, 4.69) is 118 Å². The lowest BCUT2D eigenvalue weighted by atomic mass is 10.0. The maximum absolute atomic E-state index is 12.8. The molecule has 0 aromatic rings. The topological polar surface area (TPSA) is 78.9 Å². The Morgan fingerprint density at radius 1 is 0.296 bits per heavy atom. The Balaban J connectivity index is 4.41. The normalized spacial score (nSPS) is 12.9. The van der Waals surface area contributed by atoms with Crippen molar-refractivity contribution in [2.45, 2.75) is 271 Å². The summed E-state index contributed by atoms with van der Waals surface area (Å²) in [5.74, 6) is -1.01. The third kappa shape index (κ3) is 56.9. The molecule has 1 atom stereocenters. The van der Waals surface area contributed by atoms with E-state index in [0.29, 0.717) is 19.3 Å². The van der Waals surface area contributed by atoms with Gasteiger partial charge in [-0.15, -0.1) is 0 Å². The molecule has 0 aromatic heterocycles. The largest absolute Gasteiger partial charge is 0.462 e. The van der Waals surface area contributed by atoms with Gasteiger partial charge in [0.1, 0.15) is 13.2 Å². The van der Waals surface area contributed by atoms with E-state index in [1.54, 1.807) is 0 Å². The highest BCUT2D eigenvalue weighted by atomic mass is 16.6. The van der Waals surface area contributed by atoms with Gasteiger partial charge >= 0.3 is 17.9 Å². The van der Waals surface area contributed by atoms with Crippen molar-refractivity contribution < 1.29 is 28.6 Å². The second kappa shape index (κ2) is 58.6. The Bertz CT molecular complexity index is 1460. The summed E-state index contributed by atoms with van der Waals surface area (Å²) >= 11 is 0. The average Bonchev–Trinajstić information content (AvgIpc) is 3.37. The zero-order valence-corrected chi connectivity index (χ0v) is 46.2. The average molecular weight is 986 g/mol. The van der Waals surface area contributed by atoms with E-state index in [-0.39, 0.29) is 31.6 Å². The fourth-order valence-electron chi connectivity index (χ4n) is 7.83. The number of ether oxygens (including phenoxy) is 3. The van der Waals surface area contributed by atoms with E-state index in [9.17, 15) is 14.4 Å². The molecular weight excluding hydrogens is 877 g/mol. The van der Waals surface area contributed by atoms with Crippen LogP contribution in [0.3, 0.4) is 0 Å². The van der Waals surface area contributed by atoms with Gasteiger partial charge in [-0.2, -0.15) is 0 Å². The fraction of sp³-hybridized carbons (Fsp3) is 0.677. The number of carbonyl (C=O) groups excluding carboxylic acids is 3. The van der Waals surface area contributed by atoms with Gasteiger partial charge in [-0.25, -0.2) is 0 Å². The summed E-state index contributed by atoms with van der Waals surface area (Å²) in [7, 11) is 0. The van der Waals surface area contributed by atoms with E-state index in [1.165, 1.54) is 122 Å². The van der Waals surface area contributed by atoms with Gasteiger partial charge in [-0.3, -0.25) is 14.4 Å². The monoisotopic (exact) mass is 985 g/mol. The number of allylic oxidation sites excluding steroid dienone is 18. The molecule has 0 aliphatic rings. The Kier molecular flexibility index (Phi) is 55.4. The molecule has 0 heterocycles. The molecule has 0 radical (unpaired) electrons. The highest BCUT2D eigenvalue weighted by Gasteiger charge is 2.19. The van der Waals surface area contributed by atoms with Crippen LogP contribution in [0.2, 0.25) is 0 Å². The van der Waals surface area contributed by atoms with Crippen LogP contribution in [0, 0.1) is 0 Å². The molecule has 0 saturated heterocycles. The Morgan fingerprint density at radius 2 is 0.592 bits per heavy atom. The van der Waals surface area contributed by atoms with Crippen LogP contribution in [-0.2, 0) is 28.6 Å². The van der Waals surface area contributed by atoms with Gasteiger partial charge in [-0.05, 0) is 109 Å². The van der Waals surface area contributed by atoms with Gasteiger partial charge in [0.15, 0.2) is 6.10 Å². The first-order chi connectivity index (χ1) is 35.0. The second-order valence-corrected chi connectivity index (χ2v) is 19.2. The Hall–Kier alpha value is -3.93. The van der Waals surface area contributed by atoms with Crippen molar-refractivity contribution in [3.8, 4) is 0 Å². The molecule has 0 bridgehead atoms. The molecule has 0 rings (SSSR count).